The summed E-state index contributed by atoms with van der Waals surface area (Å²) in [6.07, 6.45) is 0. The van der Waals surface area contributed by atoms with Gasteiger partial charge in [0.1, 0.15) is 11.8 Å². The minimum Gasteiger partial charge on any atom is -0.492 e. The normalized spacial score (nSPS) is 11.5. The van der Waals surface area contributed by atoms with E-state index in [0.29, 0.717) is 23.0 Å². The van der Waals surface area contributed by atoms with Crippen LogP contribution < -0.4 is 4.74 Å². The maximum Gasteiger partial charge on any atom is 0.137 e. The Morgan fingerprint density at radius 3 is 2.19 bits per heavy atom. The van der Waals surface area contributed by atoms with Gasteiger partial charge in [0.2, 0.25) is 0 Å². The Hall–Kier alpha value is -3.02. The molecule has 0 aliphatic carbocycles. The van der Waals surface area contributed by atoms with Gasteiger partial charge in [-0.25, -0.2) is 0 Å². The van der Waals surface area contributed by atoms with Crippen molar-refractivity contribution in [3.8, 4) is 11.8 Å². The Morgan fingerprint density at radius 2 is 1.59 bits per heavy atom. The Kier molecular flexibility index (Phi) is 5.96. The predicted molar refractivity (Wildman–Crippen MR) is 112 cm³/mol. The Labute approximate surface area is 165 Å². The van der Waals surface area contributed by atoms with Gasteiger partial charge in [0.15, 0.2) is 0 Å². The highest BCUT2D eigenvalue weighted by molar-refractivity contribution is 6.32. The lowest BCUT2D eigenvalue weighted by Crippen LogP contribution is -1.96. The lowest BCUT2D eigenvalue weighted by molar-refractivity contribution is 0.340. The number of nitriles is 1. The minimum atomic E-state index is 0.531. The molecule has 3 aromatic rings. The number of hydrogen-bond donors (Lipinski definition) is 0. The van der Waals surface area contributed by atoms with Crippen LogP contribution in [-0.2, 0) is 0 Å². The molecule has 3 aromatic carbocycles. The average Bonchev–Trinajstić information content (AvgIpc) is 2.69. The van der Waals surface area contributed by atoms with Crippen LogP contribution in [0, 0.1) is 18.3 Å². The minimum absolute atomic E-state index is 0.531. The average molecular weight is 374 g/mol. The maximum absolute atomic E-state index is 9.98. The zero-order chi connectivity index (χ0) is 19.2. The molecule has 3 heteroatoms. The third kappa shape index (κ3) is 4.22. The van der Waals surface area contributed by atoms with E-state index in [1.807, 2.05) is 86.6 Å². The lowest BCUT2D eigenvalue weighted by atomic mass is 9.90. The van der Waals surface area contributed by atoms with Crippen LogP contribution in [0.2, 0.25) is 5.02 Å². The van der Waals surface area contributed by atoms with E-state index >= 15 is 0 Å². The van der Waals surface area contributed by atoms with Crippen molar-refractivity contribution in [2.75, 3.05) is 6.61 Å². The Balaban J connectivity index is 2.25. The molecule has 0 spiro atoms. The molecule has 0 amide bonds. The van der Waals surface area contributed by atoms with E-state index < -0.39 is 0 Å². The standard InChI is InChI=1S/C24H20ClNO/c1-3-27-23-14-13-20(15-22(23)25)24(19-7-5-4-6-8-19)21(16-26)18-11-9-17(2)10-12-18/h4-15H,3H2,1-2H3/b24-21+. The van der Waals surface area contributed by atoms with E-state index in [1.165, 1.54) is 0 Å². The van der Waals surface area contributed by atoms with Crippen LogP contribution in [0.3, 0.4) is 0 Å². The number of ether oxygens (including phenoxy) is 1. The van der Waals surface area contributed by atoms with Gasteiger partial charge in [-0.05, 0) is 42.7 Å². The largest absolute Gasteiger partial charge is 0.492 e. The van der Waals surface area contributed by atoms with Gasteiger partial charge in [-0.1, -0.05) is 77.8 Å². The van der Waals surface area contributed by atoms with Crippen molar-refractivity contribution in [3.05, 3.63) is 100 Å². The highest BCUT2D eigenvalue weighted by Crippen LogP contribution is 2.35. The first kappa shape index (κ1) is 18.8. The molecule has 0 saturated heterocycles. The van der Waals surface area contributed by atoms with Gasteiger partial charge in [0.05, 0.1) is 17.2 Å². The van der Waals surface area contributed by atoms with Crippen molar-refractivity contribution in [1.29, 1.82) is 5.26 Å². The van der Waals surface area contributed by atoms with Crippen LogP contribution in [0.15, 0.2) is 72.8 Å². The zero-order valence-corrected chi connectivity index (χ0v) is 16.1. The third-order valence-electron chi connectivity index (χ3n) is 4.28. The van der Waals surface area contributed by atoms with E-state index in [9.17, 15) is 5.26 Å². The quantitative estimate of drug-likeness (QED) is 0.376. The molecule has 134 valence electrons. The van der Waals surface area contributed by atoms with Gasteiger partial charge in [0, 0.05) is 5.57 Å². The molecular formula is C24H20ClNO. The fourth-order valence-electron chi connectivity index (χ4n) is 2.97. The second-order valence-corrected chi connectivity index (χ2v) is 6.58. The summed E-state index contributed by atoms with van der Waals surface area (Å²) in [5, 5.41) is 10.5. The van der Waals surface area contributed by atoms with E-state index in [4.69, 9.17) is 16.3 Å². The van der Waals surface area contributed by atoms with E-state index in [0.717, 1.165) is 27.8 Å². The summed E-state index contributed by atoms with van der Waals surface area (Å²) < 4.78 is 5.55. The van der Waals surface area contributed by atoms with Gasteiger partial charge >= 0.3 is 0 Å². The highest BCUT2D eigenvalue weighted by atomic mass is 35.5. The number of halogens is 1. The molecule has 0 aliphatic rings. The van der Waals surface area contributed by atoms with Crippen molar-refractivity contribution < 1.29 is 4.74 Å². The molecule has 27 heavy (non-hydrogen) atoms. The Morgan fingerprint density at radius 1 is 0.926 bits per heavy atom. The molecule has 0 radical (unpaired) electrons. The summed E-state index contributed by atoms with van der Waals surface area (Å²) in [6.45, 7) is 4.50. The number of nitrogens with zero attached hydrogens (tertiary/aromatic N) is 1. The van der Waals surface area contributed by atoms with E-state index in [-0.39, 0.29) is 0 Å². The second-order valence-electron chi connectivity index (χ2n) is 6.17. The van der Waals surface area contributed by atoms with E-state index in [2.05, 4.69) is 6.07 Å². The molecule has 0 aliphatic heterocycles. The number of benzene rings is 3. The molecule has 0 unspecified atom stereocenters. The fraction of sp³-hybridized carbons (Fsp3) is 0.125. The molecule has 3 rings (SSSR count). The van der Waals surface area contributed by atoms with Crippen molar-refractivity contribution in [1.82, 2.24) is 0 Å². The summed E-state index contributed by atoms with van der Waals surface area (Å²) in [7, 11) is 0. The summed E-state index contributed by atoms with van der Waals surface area (Å²) in [4.78, 5) is 0. The first-order valence-electron chi connectivity index (χ1n) is 8.83. The molecule has 0 saturated carbocycles. The van der Waals surface area contributed by atoms with Crippen molar-refractivity contribution in [3.63, 3.8) is 0 Å². The second kappa shape index (κ2) is 8.58. The van der Waals surface area contributed by atoms with Crippen molar-refractivity contribution in [2.45, 2.75) is 13.8 Å². The number of rotatable bonds is 5. The van der Waals surface area contributed by atoms with Crippen LogP contribution in [0.1, 0.15) is 29.2 Å². The molecule has 0 bridgehead atoms. The number of aryl methyl sites for hydroxylation is 1. The van der Waals surface area contributed by atoms with Crippen molar-refractivity contribution in [2.24, 2.45) is 0 Å². The SMILES string of the molecule is CCOc1ccc(/C(=C(\C#N)c2ccc(C)cc2)c2ccccc2)cc1Cl. The zero-order valence-electron chi connectivity index (χ0n) is 15.4. The number of allylic oxidation sites excluding steroid dienone is 1. The third-order valence-corrected chi connectivity index (χ3v) is 4.58. The maximum atomic E-state index is 9.98. The molecule has 0 atom stereocenters. The van der Waals surface area contributed by atoms with Gasteiger partial charge in [-0.15, -0.1) is 0 Å². The first-order chi connectivity index (χ1) is 13.1. The van der Waals surface area contributed by atoms with Crippen LogP contribution in [0.5, 0.6) is 5.75 Å². The molecule has 0 heterocycles. The molecule has 0 fully saturated rings. The van der Waals surface area contributed by atoms with Crippen LogP contribution in [-0.4, -0.2) is 6.61 Å². The molecular weight excluding hydrogens is 354 g/mol. The van der Waals surface area contributed by atoms with Gasteiger partial charge < -0.3 is 4.74 Å². The summed E-state index contributed by atoms with van der Waals surface area (Å²) in [6, 6.07) is 26.0. The summed E-state index contributed by atoms with van der Waals surface area (Å²) in [5.41, 5.74) is 5.35. The van der Waals surface area contributed by atoms with Gasteiger partial charge in [-0.3, -0.25) is 0 Å². The van der Waals surface area contributed by atoms with Crippen molar-refractivity contribution >= 4 is 22.7 Å². The van der Waals surface area contributed by atoms with E-state index in [1.54, 1.807) is 0 Å². The topological polar surface area (TPSA) is 33.0 Å². The highest BCUT2D eigenvalue weighted by Gasteiger charge is 2.15. The molecule has 0 N–H and O–H groups in total. The first-order valence-corrected chi connectivity index (χ1v) is 9.21. The van der Waals surface area contributed by atoms with Gasteiger partial charge in [0.25, 0.3) is 0 Å². The van der Waals surface area contributed by atoms with Crippen LogP contribution in [0.25, 0.3) is 11.1 Å². The smallest absolute Gasteiger partial charge is 0.137 e. The summed E-state index contributed by atoms with van der Waals surface area (Å²) in [5.74, 6) is 0.643. The molecule has 0 aromatic heterocycles. The Bertz CT molecular complexity index is 999. The fourth-order valence-corrected chi connectivity index (χ4v) is 3.21. The van der Waals surface area contributed by atoms with Crippen LogP contribution >= 0.6 is 11.6 Å². The molecule has 2 nitrogen and oxygen atoms in total. The monoisotopic (exact) mass is 373 g/mol. The van der Waals surface area contributed by atoms with Crippen LogP contribution in [0.4, 0.5) is 0 Å². The van der Waals surface area contributed by atoms with Gasteiger partial charge in [-0.2, -0.15) is 5.26 Å². The lowest BCUT2D eigenvalue weighted by Gasteiger charge is -2.14. The predicted octanol–water partition coefficient (Wildman–Crippen LogP) is 6.53. The summed E-state index contributed by atoms with van der Waals surface area (Å²) >= 11 is 6.42. The number of hydrogen-bond acceptors (Lipinski definition) is 2.